The van der Waals surface area contributed by atoms with E-state index in [1.54, 1.807) is 13.8 Å². The van der Waals surface area contributed by atoms with Crippen molar-refractivity contribution in [3.05, 3.63) is 0 Å². The number of amides is 3. The number of nitrogens with two attached hydrogens (primary N) is 1. The van der Waals surface area contributed by atoms with E-state index in [0.717, 1.165) is 0 Å². The average molecular weight is 446 g/mol. The summed E-state index contributed by atoms with van der Waals surface area (Å²) < 4.78 is 0. The SMILES string of the molecule is CC(C)CC(NC(=O)C(N)CC(=O)O)C(=O)NC(CCC(=O)O)C(=O)NC(C)C(=O)O. The van der Waals surface area contributed by atoms with Crippen molar-refractivity contribution in [3.63, 3.8) is 0 Å². The summed E-state index contributed by atoms with van der Waals surface area (Å²) in [5.41, 5.74) is 5.50. The number of carboxylic acid groups (broad SMARTS) is 3. The number of hydrogen-bond acceptors (Lipinski definition) is 7. The lowest BCUT2D eigenvalue weighted by Crippen LogP contribution is -2.57. The van der Waals surface area contributed by atoms with Crippen LogP contribution in [-0.4, -0.2) is 75.1 Å². The fraction of sp³-hybridized carbons (Fsp3) is 0.667. The fourth-order valence-corrected chi connectivity index (χ4v) is 2.45. The van der Waals surface area contributed by atoms with Gasteiger partial charge in [0.1, 0.15) is 18.1 Å². The molecule has 0 bridgehead atoms. The summed E-state index contributed by atoms with van der Waals surface area (Å²) in [6, 6.07) is -5.23. The molecule has 0 aromatic heterocycles. The van der Waals surface area contributed by atoms with Crippen LogP contribution in [0.25, 0.3) is 0 Å². The molecule has 31 heavy (non-hydrogen) atoms. The number of hydrogen-bond donors (Lipinski definition) is 7. The topological polar surface area (TPSA) is 225 Å². The first-order chi connectivity index (χ1) is 14.2. The first-order valence-electron chi connectivity index (χ1n) is 9.57. The first-order valence-corrected chi connectivity index (χ1v) is 9.57. The zero-order valence-electron chi connectivity index (χ0n) is 17.6. The number of nitrogens with one attached hydrogen (secondary N) is 3. The Balaban J connectivity index is 5.42. The quantitative estimate of drug-likeness (QED) is 0.159. The Kier molecular flexibility index (Phi) is 11.8. The maximum atomic E-state index is 12.7. The third-order valence-electron chi connectivity index (χ3n) is 4.08. The summed E-state index contributed by atoms with van der Waals surface area (Å²) in [5.74, 6) is -6.55. The molecule has 0 saturated carbocycles. The number of rotatable bonds is 14. The standard InChI is InChI=1S/C18H30N4O9/c1-8(2)6-12(22-15(27)10(19)7-14(25)26)17(29)21-11(4-5-13(23)24)16(28)20-9(3)18(30)31/h8-12H,4-7,19H2,1-3H3,(H,20,28)(H,21,29)(H,22,27)(H,23,24)(H,25,26)(H,30,31). The van der Waals surface area contributed by atoms with E-state index in [1.807, 2.05) is 0 Å². The van der Waals surface area contributed by atoms with Crippen LogP contribution in [0.4, 0.5) is 0 Å². The van der Waals surface area contributed by atoms with E-state index in [0.29, 0.717) is 0 Å². The normalized spacial score (nSPS) is 14.6. The molecule has 3 amide bonds. The molecule has 0 spiro atoms. The molecule has 4 atom stereocenters. The molecule has 0 radical (unpaired) electrons. The number of carboxylic acids is 3. The Morgan fingerprint density at radius 3 is 1.74 bits per heavy atom. The molecule has 0 aliphatic rings. The van der Waals surface area contributed by atoms with Crippen LogP contribution in [0, 0.1) is 5.92 Å². The van der Waals surface area contributed by atoms with Gasteiger partial charge in [-0.25, -0.2) is 0 Å². The lowest BCUT2D eigenvalue weighted by molar-refractivity contribution is -0.142. The van der Waals surface area contributed by atoms with Crippen LogP contribution in [0.1, 0.15) is 46.5 Å². The van der Waals surface area contributed by atoms with Gasteiger partial charge in [0, 0.05) is 6.42 Å². The summed E-state index contributed by atoms with van der Waals surface area (Å²) in [6.07, 6.45) is -1.33. The smallest absolute Gasteiger partial charge is 0.325 e. The van der Waals surface area contributed by atoms with Crippen molar-refractivity contribution >= 4 is 35.6 Å². The molecule has 8 N–H and O–H groups in total. The van der Waals surface area contributed by atoms with Crippen LogP contribution in [-0.2, 0) is 28.8 Å². The van der Waals surface area contributed by atoms with E-state index in [2.05, 4.69) is 16.0 Å². The molecular formula is C18H30N4O9. The van der Waals surface area contributed by atoms with Gasteiger partial charge in [-0.1, -0.05) is 13.8 Å². The van der Waals surface area contributed by atoms with Gasteiger partial charge >= 0.3 is 17.9 Å². The van der Waals surface area contributed by atoms with E-state index >= 15 is 0 Å². The first kappa shape index (κ1) is 27.8. The highest BCUT2D eigenvalue weighted by Crippen LogP contribution is 2.08. The molecule has 4 unspecified atom stereocenters. The van der Waals surface area contributed by atoms with Crippen molar-refractivity contribution in [2.24, 2.45) is 11.7 Å². The second kappa shape index (κ2) is 13.2. The predicted octanol–water partition coefficient (Wildman–Crippen LogP) is -1.74. The minimum Gasteiger partial charge on any atom is -0.481 e. The van der Waals surface area contributed by atoms with Crippen molar-refractivity contribution in [1.29, 1.82) is 0 Å². The summed E-state index contributed by atoms with van der Waals surface area (Å²) in [5, 5.41) is 33.3. The molecule has 0 aromatic carbocycles. The lowest BCUT2D eigenvalue weighted by atomic mass is 10.0. The maximum absolute atomic E-state index is 12.7. The van der Waals surface area contributed by atoms with Crippen molar-refractivity contribution in [1.82, 2.24) is 16.0 Å². The van der Waals surface area contributed by atoms with Gasteiger partial charge in [-0.3, -0.25) is 28.8 Å². The van der Waals surface area contributed by atoms with Crippen LogP contribution >= 0.6 is 0 Å². The molecule has 0 rings (SSSR count). The van der Waals surface area contributed by atoms with Crippen LogP contribution < -0.4 is 21.7 Å². The van der Waals surface area contributed by atoms with Crippen LogP contribution in [0.2, 0.25) is 0 Å². The van der Waals surface area contributed by atoms with Gasteiger partial charge in [-0.2, -0.15) is 0 Å². The minimum atomic E-state index is -1.40. The van der Waals surface area contributed by atoms with Crippen LogP contribution in [0.15, 0.2) is 0 Å². The van der Waals surface area contributed by atoms with E-state index in [9.17, 15) is 28.8 Å². The molecule has 176 valence electrons. The van der Waals surface area contributed by atoms with Gasteiger partial charge in [0.2, 0.25) is 17.7 Å². The van der Waals surface area contributed by atoms with E-state index in [-0.39, 0.29) is 18.8 Å². The molecule has 0 fully saturated rings. The molecule has 0 aliphatic carbocycles. The molecule has 13 nitrogen and oxygen atoms in total. The Labute approximate surface area is 178 Å². The summed E-state index contributed by atoms with van der Waals surface area (Å²) >= 11 is 0. The Morgan fingerprint density at radius 1 is 0.774 bits per heavy atom. The monoisotopic (exact) mass is 446 g/mol. The zero-order valence-corrected chi connectivity index (χ0v) is 17.6. The molecule has 13 heteroatoms. The molecule has 0 saturated heterocycles. The van der Waals surface area contributed by atoms with Gasteiger partial charge in [-0.15, -0.1) is 0 Å². The van der Waals surface area contributed by atoms with Crippen molar-refractivity contribution in [2.45, 2.75) is 70.6 Å². The zero-order chi connectivity index (χ0) is 24.3. The maximum Gasteiger partial charge on any atom is 0.325 e. The Morgan fingerprint density at radius 2 is 1.29 bits per heavy atom. The molecular weight excluding hydrogens is 416 g/mol. The van der Waals surface area contributed by atoms with E-state index in [4.69, 9.17) is 21.1 Å². The van der Waals surface area contributed by atoms with Gasteiger partial charge in [0.15, 0.2) is 0 Å². The second-order valence-corrected chi connectivity index (χ2v) is 7.46. The average Bonchev–Trinajstić information content (AvgIpc) is 2.62. The minimum absolute atomic E-state index is 0.0925. The van der Waals surface area contributed by atoms with Gasteiger partial charge in [0.25, 0.3) is 0 Å². The number of carbonyl (C=O) groups excluding carboxylic acids is 3. The van der Waals surface area contributed by atoms with Crippen LogP contribution in [0.5, 0.6) is 0 Å². The summed E-state index contributed by atoms with van der Waals surface area (Å²) in [6.45, 7) is 4.71. The number of carbonyl (C=O) groups is 6. The Hall–Kier alpha value is -3.22. The Bertz CT molecular complexity index is 696. The lowest BCUT2D eigenvalue weighted by Gasteiger charge is -2.25. The number of aliphatic carboxylic acids is 3. The van der Waals surface area contributed by atoms with Gasteiger partial charge < -0.3 is 37.0 Å². The fourth-order valence-electron chi connectivity index (χ4n) is 2.45. The molecule has 0 heterocycles. The third kappa shape index (κ3) is 11.5. The van der Waals surface area contributed by atoms with Gasteiger partial charge in [-0.05, 0) is 25.7 Å². The van der Waals surface area contributed by atoms with Crippen molar-refractivity contribution < 1.29 is 44.1 Å². The van der Waals surface area contributed by atoms with Gasteiger partial charge in [0.05, 0.1) is 12.5 Å². The van der Waals surface area contributed by atoms with E-state index in [1.165, 1.54) is 6.92 Å². The second-order valence-electron chi connectivity index (χ2n) is 7.46. The van der Waals surface area contributed by atoms with Crippen LogP contribution in [0.3, 0.4) is 0 Å². The van der Waals surface area contributed by atoms with Crippen molar-refractivity contribution in [2.75, 3.05) is 0 Å². The van der Waals surface area contributed by atoms with Crippen molar-refractivity contribution in [3.8, 4) is 0 Å². The highest BCUT2D eigenvalue weighted by atomic mass is 16.4. The third-order valence-corrected chi connectivity index (χ3v) is 4.08. The summed E-state index contributed by atoms with van der Waals surface area (Å²) in [7, 11) is 0. The molecule has 0 aromatic rings. The highest BCUT2D eigenvalue weighted by Gasteiger charge is 2.30. The van der Waals surface area contributed by atoms with E-state index < -0.39 is 72.6 Å². The molecule has 0 aliphatic heterocycles. The largest absolute Gasteiger partial charge is 0.481 e. The predicted molar refractivity (Wildman–Crippen MR) is 106 cm³/mol. The summed E-state index contributed by atoms with van der Waals surface area (Å²) in [4.78, 5) is 69.7. The highest BCUT2D eigenvalue weighted by molar-refractivity contribution is 5.94.